The molecule has 5 nitrogen and oxygen atoms in total. The van der Waals surface area contributed by atoms with Gasteiger partial charge in [-0.2, -0.15) is 0 Å². The van der Waals surface area contributed by atoms with Crippen LogP contribution < -0.4 is 9.57 Å². The Balaban J connectivity index is 2.90. The number of para-hydroxylation sites is 1. The van der Waals surface area contributed by atoms with Crippen LogP contribution in [0.15, 0.2) is 24.3 Å². The minimum atomic E-state index is -1.04. The fourth-order valence-corrected chi connectivity index (χ4v) is 1.76. The molecular formula is C11H11NO4. The molecule has 0 fully saturated rings. The first kappa shape index (κ1) is 10.4. The van der Waals surface area contributed by atoms with Crippen LogP contribution in [0.25, 0.3) is 10.9 Å². The summed E-state index contributed by atoms with van der Waals surface area (Å²) in [6.45, 7) is 0. The number of methoxy groups -OCH3 is 1. The molecule has 0 saturated heterocycles. The fourth-order valence-electron chi connectivity index (χ4n) is 1.76. The second kappa shape index (κ2) is 3.77. The van der Waals surface area contributed by atoms with Crippen LogP contribution in [0.3, 0.4) is 0 Å². The van der Waals surface area contributed by atoms with E-state index >= 15 is 0 Å². The summed E-state index contributed by atoms with van der Waals surface area (Å²) in [5.74, 6) is -0.847. The highest BCUT2D eigenvalue weighted by Gasteiger charge is 2.23. The van der Waals surface area contributed by atoms with Crippen molar-refractivity contribution in [3.05, 3.63) is 29.8 Å². The average Bonchev–Trinajstić information content (AvgIpc) is 2.62. The zero-order valence-corrected chi connectivity index (χ0v) is 8.93. The van der Waals surface area contributed by atoms with Crippen molar-refractivity contribution in [3.63, 3.8) is 0 Å². The van der Waals surface area contributed by atoms with Crippen molar-refractivity contribution >= 4 is 16.9 Å². The molecule has 0 aliphatic carbocycles. The Bertz CT molecular complexity index is 544. The van der Waals surface area contributed by atoms with Crippen LogP contribution in [0, 0.1) is 0 Å². The third-order valence-electron chi connectivity index (χ3n) is 2.38. The van der Waals surface area contributed by atoms with Crippen LogP contribution in [-0.2, 0) is 0 Å². The van der Waals surface area contributed by atoms with Gasteiger partial charge in [0.2, 0.25) is 5.88 Å². The molecule has 0 spiro atoms. The molecule has 5 heteroatoms. The SMILES string of the molecule is COc1c(C(=O)O)c2ccccc2n1OC. The summed E-state index contributed by atoms with van der Waals surface area (Å²) >= 11 is 0. The molecule has 1 aromatic carbocycles. The number of hydrogen-bond acceptors (Lipinski definition) is 3. The number of aromatic carboxylic acids is 1. The van der Waals surface area contributed by atoms with Crippen molar-refractivity contribution in [2.45, 2.75) is 0 Å². The summed E-state index contributed by atoms with van der Waals surface area (Å²) in [7, 11) is 2.87. The Labute approximate surface area is 91.8 Å². The summed E-state index contributed by atoms with van der Waals surface area (Å²) in [6, 6.07) is 7.07. The Morgan fingerprint density at radius 3 is 2.56 bits per heavy atom. The van der Waals surface area contributed by atoms with E-state index in [0.29, 0.717) is 10.9 Å². The highest BCUT2D eigenvalue weighted by Crippen LogP contribution is 2.30. The van der Waals surface area contributed by atoms with E-state index in [2.05, 4.69) is 0 Å². The molecule has 2 aromatic rings. The largest absolute Gasteiger partial charge is 0.480 e. The highest BCUT2D eigenvalue weighted by molar-refractivity contribution is 6.06. The summed E-state index contributed by atoms with van der Waals surface area (Å²) < 4.78 is 6.43. The third-order valence-corrected chi connectivity index (χ3v) is 2.38. The lowest BCUT2D eigenvalue weighted by Crippen LogP contribution is -2.08. The molecule has 0 atom stereocenters. The standard InChI is InChI=1S/C11H11NO4/c1-15-10-9(11(13)14)7-5-3-4-6-8(7)12(10)16-2/h3-6H,1-2H3,(H,13,14). The van der Waals surface area contributed by atoms with Gasteiger partial charge >= 0.3 is 5.97 Å². The number of carboxylic acid groups (broad SMARTS) is 1. The molecular weight excluding hydrogens is 210 g/mol. The lowest BCUT2D eigenvalue weighted by atomic mass is 10.2. The number of benzene rings is 1. The third kappa shape index (κ3) is 1.29. The number of fused-ring (bicyclic) bond motifs is 1. The maximum Gasteiger partial charge on any atom is 0.341 e. The van der Waals surface area contributed by atoms with Gasteiger partial charge < -0.3 is 14.7 Å². The molecule has 0 radical (unpaired) electrons. The minimum Gasteiger partial charge on any atom is -0.480 e. The second-order valence-corrected chi connectivity index (χ2v) is 3.18. The minimum absolute atomic E-state index is 0.111. The van der Waals surface area contributed by atoms with Gasteiger partial charge in [0, 0.05) is 5.39 Å². The van der Waals surface area contributed by atoms with Crippen molar-refractivity contribution in [3.8, 4) is 5.88 Å². The highest BCUT2D eigenvalue weighted by atomic mass is 16.7. The summed E-state index contributed by atoms with van der Waals surface area (Å²) in [5, 5.41) is 9.75. The normalized spacial score (nSPS) is 10.4. The maximum absolute atomic E-state index is 11.2. The van der Waals surface area contributed by atoms with Gasteiger partial charge in [-0.3, -0.25) is 0 Å². The number of carbonyl (C=O) groups is 1. The quantitative estimate of drug-likeness (QED) is 0.851. The summed E-state index contributed by atoms with van der Waals surface area (Å²) in [5.41, 5.74) is 0.777. The first-order valence-electron chi connectivity index (χ1n) is 4.66. The molecule has 16 heavy (non-hydrogen) atoms. The zero-order valence-electron chi connectivity index (χ0n) is 8.93. The molecule has 0 bridgehead atoms. The van der Waals surface area contributed by atoms with Crippen LogP contribution in [0.1, 0.15) is 10.4 Å². The molecule has 0 aliphatic rings. The van der Waals surface area contributed by atoms with E-state index in [9.17, 15) is 4.79 Å². The Hall–Kier alpha value is -2.17. The van der Waals surface area contributed by atoms with Gasteiger partial charge in [-0.1, -0.05) is 18.2 Å². The molecule has 1 N–H and O–H groups in total. The van der Waals surface area contributed by atoms with Gasteiger partial charge in [0.1, 0.15) is 12.7 Å². The molecule has 0 unspecified atom stereocenters. The smallest absolute Gasteiger partial charge is 0.341 e. The van der Waals surface area contributed by atoms with Gasteiger partial charge in [-0.05, 0) is 6.07 Å². The van der Waals surface area contributed by atoms with Crippen LogP contribution in [0.5, 0.6) is 5.88 Å². The molecule has 2 rings (SSSR count). The second-order valence-electron chi connectivity index (χ2n) is 3.18. The van der Waals surface area contributed by atoms with Crippen LogP contribution in [0.4, 0.5) is 0 Å². The van der Waals surface area contributed by atoms with Gasteiger partial charge in [-0.25, -0.2) is 4.79 Å². The molecule has 1 aromatic heterocycles. The first-order chi connectivity index (χ1) is 7.70. The molecule has 0 amide bonds. The molecule has 84 valence electrons. The maximum atomic E-state index is 11.2. The predicted octanol–water partition coefficient (Wildman–Crippen LogP) is 1.41. The van der Waals surface area contributed by atoms with Gasteiger partial charge in [0.15, 0.2) is 0 Å². The first-order valence-corrected chi connectivity index (χ1v) is 4.66. The van der Waals surface area contributed by atoms with E-state index in [-0.39, 0.29) is 11.4 Å². The van der Waals surface area contributed by atoms with E-state index in [1.807, 2.05) is 6.07 Å². The number of aromatic nitrogens is 1. The van der Waals surface area contributed by atoms with E-state index < -0.39 is 5.97 Å². The molecule has 0 aliphatic heterocycles. The average molecular weight is 221 g/mol. The number of carboxylic acids is 1. The van der Waals surface area contributed by atoms with Crippen LogP contribution in [-0.4, -0.2) is 30.0 Å². The number of nitrogens with zero attached hydrogens (tertiary/aromatic N) is 1. The van der Waals surface area contributed by atoms with E-state index in [1.54, 1.807) is 18.2 Å². The number of rotatable bonds is 3. The predicted molar refractivity (Wildman–Crippen MR) is 58.0 cm³/mol. The van der Waals surface area contributed by atoms with Crippen LogP contribution in [0.2, 0.25) is 0 Å². The van der Waals surface area contributed by atoms with Gasteiger partial charge in [-0.15, -0.1) is 4.73 Å². The Morgan fingerprint density at radius 2 is 2.00 bits per heavy atom. The summed E-state index contributed by atoms with van der Waals surface area (Å²) in [4.78, 5) is 16.3. The van der Waals surface area contributed by atoms with Gasteiger partial charge in [0.05, 0.1) is 12.6 Å². The van der Waals surface area contributed by atoms with E-state index in [0.717, 1.165) is 0 Å². The van der Waals surface area contributed by atoms with E-state index in [4.69, 9.17) is 14.7 Å². The van der Waals surface area contributed by atoms with Crippen molar-refractivity contribution in [1.82, 2.24) is 4.73 Å². The fraction of sp³-hybridized carbons (Fsp3) is 0.182. The Morgan fingerprint density at radius 1 is 1.31 bits per heavy atom. The summed E-state index contributed by atoms with van der Waals surface area (Å²) in [6.07, 6.45) is 0. The van der Waals surface area contributed by atoms with Crippen molar-refractivity contribution in [2.24, 2.45) is 0 Å². The lowest BCUT2D eigenvalue weighted by molar-refractivity contribution is 0.0689. The van der Waals surface area contributed by atoms with Crippen molar-refractivity contribution in [1.29, 1.82) is 0 Å². The van der Waals surface area contributed by atoms with Gasteiger partial charge in [0.25, 0.3) is 0 Å². The molecule has 1 heterocycles. The zero-order chi connectivity index (χ0) is 11.7. The number of hydrogen-bond donors (Lipinski definition) is 1. The van der Waals surface area contributed by atoms with Crippen LogP contribution >= 0.6 is 0 Å². The molecule has 0 saturated carbocycles. The van der Waals surface area contributed by atoms with Crippen molar-refractivity contribution in [2.75, 3.05) is 14.2 Å². The number of ether oxygens (including phenoxy) is 1. The monoisotopic (exact) mass is 221 g/mol. The Kier molecular flexibility index (Phi) is 2.44. The van der Waals surface area contributed by atoms with E-state index in [1.165, 1.54) is 19.0 Å². The lowest BCUT2D eigenvalue weighted by Gasteiger charge is -2.06. The van der Waals surface area contributed by atoms with Crippen molar-refractivity contribution < 1.29 is 19.5 Å². The topological polar surface area (TPSA) is 60.7 Å².